The number of oxime groups is 1. The Hall–Kier alpha value is -3.77. The zero-order valence-corrected chi connectivity index (χ0v) is 21.0. The summed E-state index contributed by atoms with van der Waals surface area (Å²) < 4.78 is 82.8. The maximum absolute atomic E-state index is 14.2. The van der Waals surface area contributed by atoms with Gasteiger partial charge in [0.15, 0.2) is 11.6 Å². The maximum Gasteiger partial charge on any atom is 0.435 e. The molecule has 0 radical (unpaired) electrons. The van der Waals surface area contributed by atoms with Crippen molar-refractivity contribution >= 4 is 40.7 Å². The summed E-state index contributed by atoms with van der Waals surface area (Å²) in [4.78, 5) is 29.6. The molecule has 2 amide bonds. The standard InChI is InChI=1S/C25H15Cl2F6N3O3/c1-11-4-12(21-10-24(39-36-21,25(31,32)33)13-5-14(26)7-15(27)6-13)2-3-16(11)22(37)34-35-23(38)17-8-19(29)20(30)9-18(17)28/h2-9H,10H2,1H3,(H,34,37)(H,35,38). The molecular formula is C25H15Cl2F6N3O3. The molecule has 0 aliphatic carbocycles. The predicted molar refractivity (Wildman–Crippen MR) is 129 cm³/mol. The van der Waals surface area contributed by atoms with Crippen LogP contribution in [-0.4, -0.2) is 23.7 Å². The van der Waals surface area contributed by atoms with Crippen LogP contribution in [0.4, 0.5) is 26.3 Å². The number of carbonyl (C=O) groups is 2. The van der Waals surface area contributed by atoms with E-state index in [1.807, 2.05) is 10.9 Å². The average molecular weight is 590 g/mol. The van der Waals surface area contributed by atoms with Gasteiger partial charge >= 0.3 is 6.18 Å². The lowest BCUT2D eigenvalue weighted by Gasteiger charge is -2.29. The molecule has 1 heterocycles. The minimum atomic E-state index is -4.90. The molecule has 1 aliphatic rings. The van der Waals surface area contributed by atoms with E-state index in [0.29, 0.717) is 6.07 Å². The first-order valence-electron chi connectivity index (χ1n) is 10.9. The van der Waals surface area contributed by atoms with Crippen LogP contribution in [0.5, 0.6) is 0 Å². The van der Waals surface area contributed by atoms with Gasteiger partial charge < -0.3 is 4.84 Å². The van der Waals surface area contributed by atoms with Gasteiger partial charge in [-0.25, -0.2) is 13.2 Å². The van der Waals surface area contributed by atoms with E-state index in [-0.39, 0.29) is 44.1 Å². The van der Waals surface area contributed by atoms with Gasteiger partial charge in [-0.1, -0.05) is 34.4 Å². The lowest BCUT2D eigenvalue weighted by atomic mass is 9.86. The van der Waals surface area contributed by atoms with Crippen molar-refractivity contribution in [3.8, 4) is 0 Å². The molecule has 0 fully saturated rings. The van der Waals surface area contributed by atoms with Crippen molar-refractivity contribution in [2.75, 3.05) is 0 Å². The summed E-state index contributed by atoms with van der Waals surface area (Å²) >= 11 is 11.8. The number of carbonyl (C=O) groups excluding carboxylic acids is 2. The molecule has 3 aromatic carbocycles. The number of amides is 2. The second-order valence-corrected chi connectivity index (χ2v) is 9.35. The van der Waals surface area contributed by atoms with Crippen LogP contribution in [0.2, 0.25) is 10.0 Å². The molecule has 14 heteroatoms. The number of aryl methyl sites for hydroxylation is 1. The summed E-state index contributed by atoms with van der Waals surface area (Å²) in [5, 5.41) is 3.60. The first kappa shape index (κ1) is 28.2. The van der Waals surface area contributed by atoms with E-state index < -0.39 is 53.0 Å². The highest BCUT2D eigenvalue weighted by atomic mass is 35.5. The molecule has 3 aromatic rings. The molecule has 1 atom stereocenters. The van der Waals surface area contributed by atoms with Crippen LogP contribution in [0.15, 0.2) is 53.7 Å². The fraction of sp³-hybridized carbons (Fsp3) is 0.160. The van der Waals surface area contributed by atoms with Crippen molar-refractivity contribution in [1.29, 1.82) is 0 Å². The van der Waals surface area contributed by atoms with Crippen molar-refractivity contribution in [1.82, 2.24) is 10.9 Å². The van der Waals surface area contributed by atoms with Gasteiger partial charge in [0.2, 0.25) is 0 Å². The lowest BCUT2D eigenvalue weighted by Crippen LogP contribution is -2.42. The predicted octanol–water partition coefficient (Wildman–Crippen LogP) is 6.38. The third kappa shape index (κ3) is 5.52. The third-order valence-corrected chi connectivity index (χ3v) is 6.30. The van der Waals surface area contributed by atoms with E-state index >= 15 is 0 Å². The van der Waals surface area contributed by atoms with Crippen molar-refractivity contribution in [2.45, 2.75) is 25.1 Å². The molecule has 1 aliphatic heterocycles. The Morgan fingerprint density at radius 3 is 2.05 bits per heavy atom. The third-order valence-electron chi connectivity index (χ3n) is 5.86. The summed E-state index contributed by atoms with van der Waals surface area (Å²) in [7, 11) is 0. The van der Waals surface area contributed by atoms with Gasteiger partial charge in [0, 0.05) is 33.7 Å². The van der Waals surface area contributed by atoms with Gasteiger partial charge in [0.25, 0.3) is 17.4 Å². The van der Waals surface area contributed by atoms with Crippen LogP contribution in [0.1, 0.15) is 43.8 Å². The van der Waals surface area contributed by atoms with Gasteiger partial charge in [0.1, 0.15) is 5.82 Å². The van der Waals surface area contributed by atoms with Gasteiger partial charge in [-0.05, 0) is 54.4 Å². The summed E-state index contributed by atoms with van der Waals surface area (Å²) in [6, 6.07) is 7.91. The van der Waals surface area contributed by atoms with Crippen LogP contribution in [-0.2, 0) is 10.4 Å². The first-order valence-corrected chi connectivity index (χ1v) is 11.6. The molecule has 204 valence electrons. The van der Waals surface area contributed by atoms with E-state index in [4.69, 9.17) is 28.0 Å². The molecule has 0 saturated heterocycles. The molecular weight excluding hydrogens is 575 g/mol. The molecule has 39 heavy (non-hydrogen) atoms. The highest BCUT2D eigenvalue weighted by Crippen LogP contribution is 2.49. The summed E-state index contributed by atoms with van der Waals surface area (Å²) in [5.74, 6) is -6.44. The molecule has 0 spiro atoms. The number of halogens is 8. The number of benzene rings is 3. The van der Waals surface area contributed by atoms with E-state index in [0.717, 1.165) is 12.1 Å². The lowest BCUT2D eigenvalue weighted by molar-refractivity contribution is -0.275. The molecule has 0 saturated carbocycles. The number of hydrazine groups is 1. The van der Waals surface area contributed by atoms with Crippen molar-refractivity contribution in [2.24, 2.45) is 5.16 Å². The van der Waals surface area contributed by atoms with Crippen LogP contribution in [0, 0.1) is 24.4 Å². The SMILES string of the molecule is Cc1cc(C2=NOC(c3cc(Cl)cc(Cl)c3)(C(F)(F)F)C2)ccc1C(=O)NNC(=O)c1cc(F)c(F)cc1F. The average Bonchev–Trinajstić information content (AvgIpc) is 3.31. The van der Waals surface area contributed by atoms with E-state index in [1.165, 1.54) is 31.2 Å². The fourth-order valence-electron chi connectivity index (χ4n) is 3.89. The van der Waals surface area contributed by atoms with Crippen molar-refractivity contribution < 1.29 is 40.8 Å². The van der Waals surface area contributed by atoms with Gasteiger partial charge in [-0.3, -0.25) is 20.4 Å². The summed E-state index contributed by atoms with van der Waals surface area (Å²) in [5.41, 5.74) is 0.260. The maximum atomic E-state index is 14.2. The Morgan fingerprint density at radius 1 is 0.872 bits per heavy atom. The Bertz CT molecular complexity index is 1510. The highest BCUT2D eigenvalue weighted by Gasteiger charge is 2.62. The topological polar surface area (TPSA) is 79.8 Å². The summed E-state index contributed by atoms with van der Waals surface area (Å²) in [6.07, 6.45) is -5.61. The Morgan fingerprint density at radius 2 is 1.46 bits per heavy atom. The molecule has 4 rings (SSSR count). The largest absolute Gasteiger partial charge is 0.435 e. The fourth-order valence-corrected chi connectivity index (χ4v) is 4.41. The molecule has 1 unspecified atom stereocenters. The van der Waals surface area contributed by atoms with Crippen molar-refractivity contribution in [3.63, 3.8) is 0 Å². The van der Waals surface area contributed by atoms with E-state index in [1.54, 1.807) is 0 Å². The van der Waals surface area contributed by atoms with Gasteiger partial charge in [-0.2, -0.15) is 13.2 Å². The normalized spacial score (nSPS) is 16.9. The number of nitrogens with zero attached hydrogens (tertiary/aromatic N) is 1. The van der Waals surface area contributed by atoms with Crippen LogP contribution < -0.4 is 10.9 Å². The van der Waals surface area contributed by atoms with Crippen LogP contribution >= 0.6 is 23.2 Å². The Kier molecular flexibility index (Phi) is 7.55. The number of hydrogen-bond acceptors (Lipinski definition) is 4. The summed E-state index contributed by atoms with van der Waals surface area (Å²) in [6.45, 7) is 1.47. The molecule has 0 aromatic heterocycles. The highest BCUT2D eigenvalue weighted by molar-refractivity contribution is 6.34. The number of hydrogen-bond donors (Lipinski definition) is 2. The van der Waals surface area contributed by atoms with E-state index in [2.05, 4.69) is 5.16 Å². The quantitative estimate of drug-likeness (QED) is 0.211. The van der Waals surface area contributed by atoms with Crippen molar-refractivity contribution in [3.05, 3.63) is 104 Å². The van der Waals surface area contributed by atoms with Crippen LogP contribution in [0.25, 0.3) is 0 Å². The van der Waals surface area contributed by atoms with Gasteiger partial charge in [0.05, 0.1) is 11.3 Å². The second-order valence-electron chi connectivity index (χ2n) is 8.47. The van der Waals surface area contributed by atoms with E-state index in [9.17, 15) is 35.9 Å². The minimum absolute atomic E-state index is 0.00645. The number of rotatable bonds is 4. The zero-order chi connectivity index (χ0) is 28.7. The monoisotopic (exact) mass is 589 g/mol. The number of nitrogens with one attached hydrogen (secondary N) is 2. The smallest absolute Gasteiger partial charge is 0.374 e. The molecule has 0 bridgehead atoms. The Balaban J connectivity index is 1.51. The second kappa shape index (κ2) is 10.4. The number of alkyl halides is 3. The molecule has 6 nitrogen and oxygen atoms in total. The molecule has 2 N–H and O–H groups in total. The zero-order valence-electron chi connectivity index (χ0n) is 19.5. The first-order chi connectivity index (χ1) is 18.2. The van der Waals surface area contributed by atoms with Crippen LogP contribution in [0.3, 0.4) is 0 Å². The minimum Gasteiger partial charge on any atom is -0.374 e. The Labute approximate surface area is 226 Å². The van der Waals surface area contributed by atoms with Gasteiger partial charge in [-0.15, -0.1) is 0 Å².